The van der Waals surface area contributed by atoms with Crippen LogP contribution in [-0.2, 0) is 11.3 Å². The molecule has 0 spiro atoms. The summed E-state index contributed by atoms with van der Waals surface area (Å²) >= 11 is 0. The van der Waals surface area contributed by atoms with Crippen molar-refractivity contribution in [3.8, 4) is 17.2 Å². The van der Waals surface area contributed by atoms with Crippen molar-refractivity contribution in [2.75, 3.05) is 61.1 Å². The summed E-state index contributed by atoms with van der Waals surface area (Å²) in [5.41, 5.74) is 1.97. The minimum atomic E-state index is -0.332. The molecule has 0 saturated heterocycles. The molecule has 2 aromatic carbocycles. The molecule has 10 nitrogen and oxygen atoms in total. The van der Waals surface area contributed by atoms with Gasteiger partial charge < -0.3 is 28.7 Å². The number of methoxy groups -OCH3 is 4. The standard InChI is InChI=1S/C25H33N5O5.ClH/c1-29(2)20(11-12-32-4)26-17-10-8-9-16(13-17)15-30(3)25-27-18-14-19(33-5)22(34-6)23(35-7)21(18)24(31)28-25;/h8-10,13-14H,11-12,15H2,1-7H3,(H,27,28,31);1H. The molecule has 0 fully saturated rings. The molecule has 1 heterocycles. The van der Waals surface area contributed by atoms with Crippen LogP contribution in [0.5, 0.6) is 17.2 Å². The third kappa shape index (κ3) is 6.38. The van der Waals surface area contributed by atoms with Gasteiger partial charge in [0.1, 0.15) is 11.2 Å². The summed E-state index contributed by atoms with van der Waals surface area (Å²) < 4.78 is 21.5. The summed E-state index contributed by atoms with van der Waals surface area (Å²) in [5.74, 6) is 2.40. The number of aromatic nitrogens is 2. The fourth-order valence-electron chi connectivity index (χ4n) is 3.73. The lowest BCUT2D eigenvalue weighted by Crippen LogP contribution is -2.23. The number of aliphatic imine (C=N–C) groups is 1. The summed E-state index contributed by atoms with van der Waals surface area (Å²) in [4.78, 5) is 29.1. The van der Waals surface area contributed by atoms with E-state index in [0.29, 0.717) is 47.9 Å². The average Bonchev–Trinajstić information content (AvgIpc) is 2.85. The lowest BCUT2D eigenvalue weighted by Gasteiger charge is -2.20. The number of H-pyrrole nitrogens is 1. The van der Waals surface area contributed by atoms with Gasteiger partial charge in [-0.05, 0) is 17.7 Å². The summed E-state index contributed by atoms with van der Waals surface area (Å²) in [7, 11) is 12.0. The van der Waals surface area contributed by atoms with E-state index in [0.717, 1.165) is 17.1 Å². The van der Waals surface area contributed by atoms with Crippen molar-refractivity contribution in [1.29, 1.82) is 0 Å². The van der Waals surface area contributed by atoms with Crippen LogP contribution >= 0.6 is 12.4 Å². The summed E-state index contributed by atoms with van der Waals surface area (Å²) in [6, 6.07) is 9.62. The molecule has 0 saturated carbocycles. The summed E-state index contributed by atoms with van der Waals surface area (Å²) in [6.45, 7) is 1.11. The first-order valence-corrected chi connectivity index (χ1v) is 11.1. The Bertz CT molecular complexity index is 1260. The Morgan fingerprint density at radius 3 is 2.36 bits per heavy atom. The zero-order valence-electron chi connectivity index (χ0n) is 21.7. The predicted octanol–water partition coefficient (Wildman–Crippen LogP) is 3.64. The number of nitrogens with one attached hydrogen (secondary N) is 1. The second-order valence-corrected chi connectivity index (χ2v) is 8.12. The van der Waals surface area contributed by atoms with Gasteiger partial charge in [-0.15, -0.1) is 12.4 Å². The highest BCUT2D eigenvalue weighted by Crippen LogP contribution is 2.41. The van der Waals surface area contributed by atoms with Crippen molar-refractivity contribution in [3.05, 3.63) is 46.2 Å². The second-order valence-electron chi connectivity index (χ2n) is 8.12. The number of halogens is 1. The van der Waals surface area contributed by atoms with Gasteiger partial charge in [0.05, 0.1) is 39.1 Å². The van der Waals surface area contributed by atoms with Crippen LogP contribution in [0.2, 0.25) is 0 Å². The van der Waals surface area contributed by atoms with E-state index >= 15 is 0 Å². The third-order valence-corrected chi connectivity index (χ3v) is 5.48. The van der Waals surface area contributed by atoms with E-state index in [4.69, 9.17) is 23.9 Å². The van der Waals surface area contributed by atoms with Crippen molar-refractivity contribution in [3.63, 3.8) is 0 Å². The smallest absolute Gasteiger partial charge is 0.264 e. The van der Waals surface area contributed by atoms with Crippen LogP contribution in [0.15, 0.2) is 40.1 Å². The molecule has 11 heteroatoms. The quantitative estimate of drug-likeness (QED) is 0.320. The molecule has 1 N–H and O–H groups in total. The molecule has 3 rings (SSSR count). The Labute approximate surface area is 217 Å². The number of hydrogen-bond donors (Lipinski definition) is 1. The van der Waals surface area contributed by atoms with Gasteiger partial charge in [0.25, 0.3) is 5.56 Å². The van der Waals surface area contributed by atoms with Crippen LogP contribution < -0.4 is 24.7 Å². The van der Waals surface area contributed by atoms with Crippen LogP contribution in [0.1, 0.15) is 12.0 Å². The molecule has 1 aromatic heterocycles. The number of amidine groups is 1. The van der Waals surface area contributed by atoms with Crippen LogP contribution in [0.4, 0.5) is 11.6 Å². The number of ether oxygens (including phenoxy) is 4. The van der Waals surface area contributed by atoms with Gasteiger partial charge in [0.2, 0.25) is 11.7 Å². The predicted molar refractivity (Wildman–Crippen MR) is 145 cm³/mol. The number of aromatic amines is 1. The van der Waals surface area contributed by atoms with Crippen molar-refractivity contribution in [1.82, 2.24) is 14.9 Å². The number of benzene rings is 2. The minimum absolute atomic E-state index is 0. The number of hydrogen-bond acceptors (Lipinski definition) is 8. The van der Waals surface area contributed by atoms with E-state index in [1.54, 1.807) is 13.2 Å². The van der Waals surface area contributed by atoms with Gasteiger partial charge in [-0.1, -0.05) is 12.1 Å². The largest absolute Gasteiger partial charge is 0.493 e. The number of nitrogens with zero attached hydrogens (tertiary/aromatic N) is 4. The van der Waals surface area contributed by atoms with E-state index in [2.05, 4.69) is 9.97 Å². The van der Waals surface area contributed by atoms with E-state index in [1.807, 2.05) is 55.2 Å². The number of anilines is 1. The second kappa shape index (κ2) is 13.0. The minimum Gasteiger partial charge on any atom is -0.493 e. The fraction of sp³-hybridized carbons (Fsp3) is 0.400. The summed E-state index contributed by atoms with van der Waals surface area (Å²) in [6.07, 6.45) is 0.716. The molecule has 0 aliphatic heterocycles. The number of rotatable bonds is 10. The van der Waals surface area contributed by atoms with E-state index < -0.39 is 0 Å². The molecule has 36 heavy (non-hydrogen) atoms. The Morgan fingerprint density at radius 1 is 1.03 bits per heavy atom. The van der Waals surface area contributed by atoms with Crippen LogP contribution in [-0.4, -0.2) is 76.9 Å². The molecule has 0 aliphatic rings. The molecule has 3 aromatic rings. The lowest BCUT2D eigenvalue weighted by molar-refractivity contribution is 0.205. The van der Waals surface area contributed by atoms with Crippen molar-refractivity contribution in [2.24, 2.45) is 4.99 Å². The zero-order chi connectivity index (χ0) is 25.5. The van der Waals surface area contributed by atoms with Gasteiger partial charge in [-0.3, -0.25) is 9.78 Å². The molecule has 0 amide bonds. The first-order valence-electron chi connectivity index (χ1n) is 11.1. The zero-order valence-corrected chi connectivity index (χ0v) is 22.6. The van der Waals surface area contributed by atoms with E-state index in [-0.39, 0.29) is 23.7 Å². The Kier molecular flexibility index (Phi) is 10.4. The van der Waals surface area contributed by atoms with Crippen molar-refractivity contribution < 1.29 is 18.9 Å². The molecule has 0 aliphatic carbocycles. The summed E-state index contributed by atoms with van der Waals surface area (Å²) in [5, 5.41) is 0.297. The molecule has 0 radical (unpaired) electrons. The third-order valence-electron chi connectivity index (χ3n) is 5.48. The highest BCUT2D eigenvalue weighted by molar-refractivity contribution is 5.90. The Balaban J connectivity index is 0.00000456. The highest BCUT2D eigenvalue weighted by atomic mass is 35.5. The highest BCUT2D eigenvalue weighted by Gasteiger charge is 2.20. The van der Waals surface area contributed by atoms with Crippen molar-refractivity contribution in [2.45, 2.75) is 13.0 Å². The van der Waals surface area contributed by atoms with Gasteiger partial charge in [0, 0.05) is 47.3 Å². The molecule has 0 unspecified atom stereocenters. The average molecular weight is 520 g/mol. The van der Waals surface area contributed by atoms with Gasteiger partial charge in [-0.2, -0.15) is 0 Å². The van der Waals surface area contributed by atoms with Gasteiger partial charge in [-0.25, -0.2) is 9.98 Å². The SMILES string of the molecule is COCCC(=Nc1cccc(CN(C)c2nc3cc(OC)c(OC)c(OC)c3c(=O)[nH]2)c1)N(C)C.Cl. The normalized spacial score (nSPS) is 11.1. The monoisotopic (exact) mass is 519 g/mol. The first-order chi connectivity index (χ1) is 16.8. The van der Waals surface area contributed by atoms with Crippen LogP contribution in [0.3, 0.4) is 0 Å². The Morgan fingerprint density at radius 2 is 1.75 bits per heavy atom. The molecular formula is C25H34ClN5O5. The van der Waals surface area contributed by atoms with Gasteiger partial charge >= 0.3 is 0 Å². The molecule has 0 atom stereocenters. The first kappa shape index (κ1) is 28.7. The van der Waals surface area contributed by atoms with E-state index in [9.17, 15) is 4.79 Å². The maximum atomic E-state index is 13.0. The van der Waals surface area contributed by atoms with Crippen molar-refractivity contribution >= 4 is 40.8 Å². The number of fused-ring (bicyclic) bond motifs is 1. The lowest BCUT2D eigenvalue weighted by atomic mass is 10.2. The fourth-order valence-corrected chi connectivity index (χ4v) is 3.73. The van der Waals surface area contributed by atoms with Crippen LogP contribution in [0, 0.1) is 0 Å². The molecular weight excluding hydrogens is 486 g/mol. The van der Waals surface area contributed by atoms with Gasteiger partial charge in [0.15, 0.2) is 11.5 Å². The van der Waals surface area contributed by atoms with Crippen LogP contribution in [0.25, 0.3) is 10.9 Å². The maximum absolute atomic E-state index is 13.0. The topological polar surface area (TPSA) is 102 Å². The molecule has 0 bridgehead atoms. The van der Waals surface area contributed by atoms with E-state index in [1.165, 1.54) is 21.3 Å². The molecule has 196 valence electrons. The maximum Gasteiger partial charge on any atom is 0.264 e. The Hall–Kier alpha value is -3.50.